The molecule has 10 rings (SSSR count). The molecule has 10 aromatic carbocycles. The molecule has 0 nitrogen and oxygen atoms in total. The Kier molecular flexibility index (Phi) is 4.67. The first-order valence-corrected chi connectivity index (χ1v) is 15.5. The summed E-state index contributed by atoms with van der Waals surface area (Å²) in [4.78, 5) is 0. The van der Waals surface area contributed by atoms with E-state index in [9.17, 15) is 0 Å². The molecule has 0 bridgehead atoms. The van der Waals surface area contributed by atoms with E-state index in [0.29, 0.717) is 0 Å². The van der Waals surface area contributed by atoms with Gasteiger partial charge in [-0.1, -0.05) is 127 Å². The third kappa shape index (κ3) is 3.02. The largest absolute Gasteiger partial charge is 0.0616 e. The molecular formula is C44H28. The Labute approximate surface area is 255 Å². The second-order valence-corrected chi connectivity index (χ2v) is 12.5. The van der Waals surface area contributed by atoms with E-state index < -0.39 is 0 Å². The highest BCUT2D eigenvalue weighted by Crippen LogP contribution is 2.51. The van der Waals surface area contributed by atoms with Gasteiger partial charge in [0.15, 0.2) is 0 Å². The van der Waals surface area contributed by atoms with Crippen molar-refractivity contribution < 1.29 is 0 Å². The number of hydrogen-bond acceptors (Lipinski definition) is 0. The molecule has 0 aliphatic heterocycles. The summed E-state index contributed by atoms with van der Waals surface area (Å²) in [6.07, 6.45) is 0. The lowest BCUT2D eigenvalue weighted by atomic mass is 9.80. The first-order valence-electron chi connectivity index (χ1n) is 15.5. The van der Waals surface area contributed by atoms with Crippen molar-refractivity contribution in [3.63, 3.8) is 0 Å². The predicted octanol–water partition coefficient (Wildman–Crippen LogP) is 12.6. The molecule has 0 radical (unpaired) electrons. The predicted molar refractivity (Wildman–Crippen MR) is 193 cm³/mol. The van der Waals surface area contributed by atoms with E-state index in [2.05, 4.69) is 147 Å². The van der Waals surface area contributed by atoms with Crippen molar-refractivity contribution in [1.29, 1.82) is 0 Å². The second kappa shape index (κ2) is 8.56. The van der Waals surface area contributed by atoms with Crippen molar-refractivity contribution in [3.8, 4) is 11.1 Å². The van der Waals surface area contributed by atoms with Gasteiger partial charge in [-0.05, 0) is 129 Å². The molecule has 0 heteroatoms. The van der Waals surface area contributed by atoms with Crippen LogP contribution in [0.4, 0.5) is 0 Å². The van der Waals surface area contributed by atoms with E-state index in [0.717, 1.165) is 0 Å². The molecule has 0 aromatic heterocycles. The maximum Gasteiger partial charge on any atom is -0.000741 e. The molecule has 44 heavy (non-hydrogen) atoms. The lowest BCUT2D eigenvalue weighted by molar-refractivity contribution is 1.51. The van der Waals surface area contributed by atoms with Gasteiger partial charge in [-0.15, -0.1) is 0 Å². The Morgan fingerprint density at radius 2 is 0.864 bits per heavy atom. The molecule has 0 amide bonds. The minimum Gasteiger partial charge on any atom is -0.0616 e. The van der Waals surface area contributed by atoms with Gasteiger partial charge in [0.1, 0.15) is 0 Å². The van der Waals surface area contributed by atoms with Gasteiger partial charge in [0, 0.05) is 0 Å². The van der Waals surface area contributed by atoms with Crippen LogP contribution in [-0.4, -0.2) is 0 Å². The number of fused-ring (bicyclic) bond motifs is 8. The summed E-state index contributed by atoms with van der Waals surface area (Å²) < 4.78 is 0. The average Bonchev–Trinajstić information content (AvgIpc) is 3.06. The third-order valence-electron chi connectivity index (χ3n) is 10.1. The minimum absolute atomic E-state index is 1.28. The molecule has 0 aliphatic rings. The Bertz CT molecular complexity index is 2830. The fourth-order valence-electron chi connectivity index (χ4n) is 8.28. The van der Waals surface area contributed by atoms with Gasteiger partial charge in [-0.25, -0.2) is 0 Å². The van der Waals surface area contributed by atoms with Crippen molar-refractivity contribution in [2.24, 2.45) is 0 Å². The van der Waals surface area contributed by atoms with Crippen molar-refractivity contribution >= 4 is 86.2 Å². The fourth-order valence-corrected chi connectivity index (χ4v) is 8.28. The topological polar surface area (TPSA) is 0 Å². The van der Waals surface area contributed by atoms with Crippen LogP contribution in [0.25, 0.3) is 97.3 Å². The molecule has 0 heterocycles. The Hall–Kier alpha value is -5.46. The summed E-state index contributed by atoms with van der Waals surface area (Å²) in [5.41, 5.74) is 5.28. The quantitative estimate of drug-likeness (QED) is 0.139. The van der Waals surface area contributed by atoms with E-state index in [1.165, 1.54) is 108 Å². The van der Waals surface area contributed by atoms with Crippen LogP contribution in [0.2, 0.25) is 0 Å². The summed E-state index contributed by atoms with van der Waals surface area (Å²) in [6, 6.07) is 50.3. The minimum atomic E-state index is 1.28. The van der Waals surface area contributed by atoms with Crippen LogP contribution in [0.3, 0.4) is 0 Å². The molecule has 0 saturated carbocycles. The van der Waals surface area contributed by atoms with E-state index in [4.69, 9.17) is 0 Å². The van der Waals surface area contributed by atoms with Crippen LogP contribution in [0.1, 0.15) is 11.1 Å². The third-order valence-corrected chi connectivity index (χ3v) is 10.1. The molecule has 0 saturated heterocycles. The zero-order chi connectivity index (χ0) is 29.1. The number of hydrogen-bond donors (Lipinski definition) is 0. The zero-order valence-electron chi connectivity index (χ0n) is 24.7. The van der Waals surface area contributed by atoms with Crippen LogP contribution in [-0.2, 0) is 0 Å². The molecule has 0 fully saturated rings. The van der Waals surface area contributed by atoms with Gasteiger partial charge in [0.25, 0.3) is 0 Å². The lowest BCUT2D eigenvalue weighted by Gasteiger charge is -2.23. The summed E-state index contributed by atoms with van der Waals surface area (Å²) in [6.45, 7) is 4.49. The molecule has 0 aliphatic carbocycles. The molecule has 0 atom stereocenters. The van der Waals surface area contributed by atoms with Crippen molar-refractivity contribution in [1.82, 2.24) is 0 Å². The van der Waals surface area contributed by atoms with Gasteiger partial charge < -0.3 is 0 Å². The van der Waals surface area contributed by atoms with Gasteiger partial charge >= 0.3 is 0 Å². The van der Waals surface area contributed by atoms with Crippen LogP contribution in [0.5, 0.6) is 0 Å². The Morgan fingerprint density at radius 1 is 0.295 bits per heavy atom. The standard InChI is InChI=1S/C44H28/c1-25-18-20-29-23-27-10-3-5-12-31(27)40(37(29)22-25)41-33-14-7-8-15-34(33)44-42-35(16-9-17-36(41)42)38-26(2)19-21-30-24-28-11-4-6-13-32(28)43(44)39(30)38/h3-24H,1-2H3. The lowest BCUT2D eigenvalue weighted by Crippen LogP contribution is -1.95. The maximum atomic E-state index is 2.38. The summed E-state index contributed by atoms with van der Waals surface area (Å²) in [7, 11) is 0. The zero-order valence-corrected chi connectivity index (χ0v) is 24.7. The van der Waals surface area contributed by atoms with Crippen LogP contribution < -0.4 is 0 Å². The Morgan fingerprint density at radius 3 is 1.70 bits per heavy atom. The van der Waals surface area contributed by atoms with Gasteiger partial charge in [0.05, 0.1) is 0 Å². The number of rotatable bonds is 1. The van der Waals surface area contributed by atoms with E-state index in [1.54, 1.807) is 0 Å². The second-order valence-electron chi connectivity index (χ2n) is 12.5. The fraction of sp³-hybridized carbons (Fsp3) is 0.0455. The van der Waals surface area contributed by atoms with Crippen LogP contribution in [0.15, 0.2) is 133 Å². The normalized spacial score (nSPS) is 12.3. The highest BCUT2D eigenvalue weighted by molar-refractivity contribution is 6.45. The highest BCUT2D eigenvalue weighted by Gasteiger charge is 2.23. The molecule has 0 unspecified atom stereocenters. The molecule has 204 valence electrons. The van der Waals surface area contributed by atoms with Crippen molar-refractivity contribution in [2.45, 2.75) is 13.8 Å². The first kappa shape index (κ1) is 24.0. The average molecular weight is 557 g/mol. The number of aryl methyl sites for hydroxylation is 2. The smallest absolute Gasteiger partial charge is 0.000741 e. The van der Waals surface area contributed by atoms with Gasteiger partial charge in [0.2, 0.25) is 0 Å². The van der Waals surface area contributed by atoms with Crippen LogP contribution >= 0.6 is 0 Å². The monoisotopic (exact) mass is 556 g/mol. The SMILES string of the molecule is Cc1ccc2cc3ccccc3c(-c3c4ccccc4c4c5c3cccc5c3c(C)ccc5cc6ccccc6c4c53)c2c1. The highest BCUT2D eigenvalue weighted by atomic mass is 14.3. The summed E-state index contributed by atoms with van der Waals surface area (Å²) >= 11 is 0. The number of benzene rings is 10. The molecule has 0 spiro atoms. The van der Waals surface area contributed by atoms with Gasteiger partial charge in [-0.3, -0.25) is 0 Å². The summed E-state index contributed by atoms with van der Waals surface area (Å²) in [5, 5.41) is 21.3. The van der Waals surface area contributed by atoms with Crippen LogP contribution in [0, 0.1) is 13.8 Å². The molecular weight excluding hydrogens is 528 g/mol. The van der Waals surface area contributed by atoms with E-state index in [1.807, 2.05) is 0 Å². The van der Waals surface area contributed by atoms with Gasteiger partial charge in [-0.2, -0.15) is 0 Å². The maximum absolute atomic E-state index is 2.38. The van der Waals surface area contributed by atoms with E-state index in [-0.39, 0.29) is 0 Å². The van der Waals surface area contributed by atoms with E-state index >= 15 is 0 Å². The molecule has 10 aromatic rings. The Balaban J connectivity index is 1.58. The molecule has 0 N–H and O–H groups in total. The first-order chi connectivity index (χ1) is 21.7. The summed E-state index contributed by atoms with van der Waals surface area (Å²) in [5.74, 6) is 0. The van der Waals surface area contributed by atoms with Crippen molar-refractivity contribution in [3.05, 3.63) is 145 Å². The van der Waals surface area contributed by atoms with Crippen molar-refractivity contribution in [2.75, 3.05) is 0 Å².